The number of rotatable bonds is 6. The molecule has 28 heavy (non-hydrogen) atoms. The Morgan fingerprint density at radius 2 is 1.96 bits per heavy atom. The van der Waals surface area contributed by atoms with Gasteiger partial charge in [-0.2, -0.15) is 13.5 Å². The van der Waals surface area contributed by atoms with Crippen LogP contribution in [0.15, 0.2) is 18.2 Å². The zero-order valence-electron chi connectivity index (χ0n) is 17.1. The van der Waals surface area contributed by atoms with Gasteiger partial charge < -0.3 is 19.7 Å². The SMILES string of the molecule is COc1cccc(C(=O)[C@@H]2CCC(=O)N2CCNC(=O)OC(C)(C)C)c1C.S. The number of Topliss-reactive ketones (excluding diaryl/α,β-unsaturated/α-hetero) is 1. The van der Waals surface area contributed by atoms with Crippen molar-refractivity contribution in [2.75, 3.05) is 20.2 Å². The largest absolute Gasteiger partial charge is 0.496 e. The van der Waals surface area contributed by atoms with Crippen LogP contribution in [-0.4, -0.2) is 54.5 Å². The van der Waals surface area contributed by atoms with Crippen LogP contribution >= 0.6 is 13.5 Å². The highest BCUT2D eigenvalue weighted by molar-refractivity contribution is 7.59. The molecule has 0 aromatic heterocycles. The van der Waals surface area contributed by atoms with Crippen LogP contribution in [0.4, 0.5) is 4.79 Å². The second kappa shape index (κ2) is 9.82. The van der Waals surface area contributed by atoms with Crippen LogP contribution in [0.1, 0.15) is 49.5 Å². The van der Waals surface area contributed by atoms with Gasteiger partial charge >= 0.3 is 6.09 Å². The standard InChI is InChI=1S/C20H28N2O5.H2S/c1-13-14(7-6-8-16(13)26-5)18(24)15-9-10-17(23)22(15)12-11-21-19(25)27-20(2,3)4;/h6-8,15H,9-12H2,1-5H3,(H,21,25);1H2/t15-;/m0./s1. The summed E-state index contributed by atoms with van der Waals surface area (Å²) in [6.45, 7) is 7.65. The third-order valence-electron chi connectivity index (χ3n) is 4.42. The fourth-order valence-corrected chi connectivity index (χ4v) is 3.16. The highest BCUT2D eigenvalue weighted by atomic mass is 32.1. The molecule has 1 aromatic carbocycles. The predicted octanol–water partition coefficient (Wildman–Crippen LogP) is 2.81. The van der Waals surface area contributed by atoms with Gasteiger partial charge in [-0.15, -0.1) is 0 Å². The Labute approximate surface area is 173 Å². The van der Waals surface area contributed by atoms with Crippen LogP contribution in [0.5, 0.6) is 5.75 Å². The molecule has 1 aliphatic rings. The Morgan fingerprint density at radius 1 is 1.29 bits per heavy atom. The van der Waals surface area contributed by atoms with Gasteiger partial charge in [0.2, 0.25) is 5.91 Å². The molecular formula is C20H30N2O5S. The summed E-state index contributed by atoms with van der Waals surface area (Å²) in [4.78, 5) is 38.5. The van der Waals surface area contributed by atoms with Gasteiger partial charge in [0.1, 0.15) is 11.4 Å². The zero-order valence-corrected chi connectivity index (χ0v) is 18.1. The van der Waals surface area contributed by atoms with Crippen LogP contribution in [-0.2, 0) is 9.53 Å². The smallest absolute Gasteiger partial charge is 0.407 e. The molecule has 0 saturated carbocycles. The number of hydrogen-bond acceptors (Lipinski definition) is 5. The molecule has 0 radical (unpaired) electrons. The van der Waals surface area contributed by atoms with E-state index in [1.807, 2.05) is 6.92 Å². The Hall–Kier alpha value is -2.22. The highest BCUT2D eigenvalue weighted by Crippen LogP contribution is 2.27. The van der Waals surface area contributed by atoms with Gasteiger partial charge in [0.25, 0.3) is 0 Å². The van der Waals surface area contributed by atoms with E-state index >= 15 is 0 Å². The number of carbonyl (C=O) groups is 3. The molecule has 1 atom stereocenters. The first kappa shape index (κ1) is 23.8. The van der Waals surface area contributed by atoms with Crippen LogP contribution in [0.2, 0.25) is 0 Å². The number of ether oxygens (including phenoxy) is 2. The molecule has 0 bridgehead atoms. The van der Waals surface area contributed by atoms with E-state index in [0.29, 0.717) is 24.2 Å². The molecule has 7 nitrogen and oxygen atoms in total. The number of benzene rings is 1. The summed E-state index contributed by atoms with van der Waals surface area (Å²) in [7, 11) is 1.56. The third kappa shape index (κ3) is 5.89. The van der Waals surface area contributed by atoms with Gasteiger partial charge in [-0.25, -0.2) is 4.79 Å². The maximum Gasteiger partial charge on any atom is 0.407 e. The molecular weight excluding hydrogens is 380 g/mol. The van der Waals surface area contributed by atoms with Crippen molar-refractivity contribution in [1.82, 2.24) is 10.2 Å². The lowest BCUT2D eigenvalue weighted by Crippen LogP contribution is -2.44. The van der Waals surface area contributed by atoms with E-state index in [9.17, 15) is 14.4 Å². The molecule has 2 amide bonds. The fraction of sp³-hybridized carbons (Fsp3) is 0.550. The second-order valence-corrected chi connectivity index (χ2v) is 7.57. The van der Waals surface area contributed by atoms with Crippen molar-refractivity contribution >= 4 is 31.3 Å². The zero-order chi connectivity index (χ0) is 20.2. The van der Waals surface area contributed by atoms with Crippen molar-refractivity contribution in [3.8, 4) is 5.75 Å². The molecule has 0 unspecified atom stereocenters. The molecule has 1 aromatic rings. The first-order valence-corrected chi connectivity index (χ1v) is 9.08. The summed E-state index contributed by atoms with van der Waals surface area (Å²) >= 11 is 0. The normalized spacial score (nSPS) is 16.4. The number of nitrogens with zero attached hydrogens (tertiary/aromatic N) is 1. The number of nitrogens with one attached hydrogen (secondary N) is 1. The number of hydrogen-bond donors (Lipinski definition) is 1. The van der Waals surface area contributed by atoms with Gasteiger partial charge in [0.15, 0.2) is 5.78 Å². The summed E-state index contributed by atoms with van der Waals surface area (Å²) in [5.74, 6) is 0.456. The lowest BCUT2D eigenvalue weighted by atomic mass is 9.97. The summed E-state index contributed by atoms with van der Waals surface area (Å²) in [5.41, 5.74) is 0.728. The fourth-order valence-electron chi connectivity index (χ4n) is 3.16. The van der Waals surface area contributed by atoms with Gasteiger partial charge in [-0.1, -0.05) is 12.1 Å². The van der Waals surface area contributed by atoms with Crippen molar-refractivity contribution in [1.29, 1.82) is 0 Å². The highest BCUT2D eigenvalue weighted by Gasteiger charge is 2.36. The van der Waals surface area contributed by atoms with E-state index in [-0.39, 0.29) is 38.3 Å². The van der Waals surface area contributed by atoms with Crippen LogP contribution in [0.25, 0.3) is 0 Å². The van der Waals surface area contributed by atoms with E-state index in [1.54, 1.807) is 51.0 Å². The average Bonchev–Trinajstić information content (AvgIpc) is 2.94. The lowest BCUT2D eigenvalue weighted by molar-refractivity contribution is -0.128. The minimum absolute atomic E-state index is 0. The summed E-state index contributed by atoms with van der Waals surface area (Å²) in [6.07, 6.45) is 0.257. The van der Waals surface area contributed by atoms with E-state index in [4.69, 9.17) is 9.47 Å². The Balaban J connectivity index is 0.00000392. The summed E-state index contributed by atoms with van der Waals surface area (Å²) < 4.78 is 10.5. The van der Waals surface area contributed by atoms with Crippen LogP contribution < -0.4 is 10.1 Å². The molecule has 1 heterocycles. The van der Waals surface area contributed by atoms with Gasteiger partial charge in [-0.3, -0.25) is 9.59 Å². The number of ketones is 1. The topological polar surface area (TPSA) is 84.9 Å². The Bertz CT molecular complexity index is 730. The third-order valence-corrected chi connectivity index (χ3v) is 4.42. The molecule has 8 heteroatoms. The van der Waals surface area contributed by atoms with Crippen LogP contribution in [0.3, 0.4) is 0 Å². The van der Waals surface area contributed by atoms with Crippen molar-refractivity contribution in [3.05, 3.63) is 29.3 Å². The lowest BCUT2D eigenvalue weighted by Gasteiger charge is -2.25. The molecule has 1 aliphatic heterocycles. The molecule has 1 N–H and O–H groups in total. The Morgan fingerprint density at radius 3 is 2.57 bits per heavy atom. The number of likely N-dealkylation sites (tertiary alicyclic amines) is 1. The van der Waals surface area contributed by atoms with Gasteiger partial charge in [0, 0.05) is 30.6 Å². The number of alkyl carbamates (subject to hydrolysis) is 1. The van der Waals surface area contributed by atoms with E-state index in [1.165, 1.54) is 0 Å². The van der Waals surface area contributed by atoms with Gasteiger partial charge in [0.05, 0.1) is 13.2 Å². The minimum atomic E-state index is -0.587. The monoisotopic (exact) mass is 410 g/mol. The predicted molar refractivity (Wildman–Crippen MR) is 111 cm³/mol. The number of carbonyl (C=O) groups excluding carboxylic acids is 3. The number of methoxy groups -OCH3 is 1. The molecule has 0 aliphatic carbocycles. The van der Waals surface area contributed by atoms with Crippen LogP contribution in [0, 0.1) is 6.92 Å². The molecule has 2 rings (SSSR count). The second-order valence-electron chi connectivity index (χ2n) is 7.57. The van der Waals surface area contributed by atoms with Crippen molar-refractivity contribution in [3.63, 3.8) is 0 Å². The molecule has 1 fully saturated rings. The molecule has 156 valence electrons. The quantitative estimate of drug-likeness (QED) is 0.729. The summed E-state index contributed by atoms with van der Waals surface area (Å²) in [6, 6.07) is 4.79. The van der Waals surface area contributed by atoms with E-state index in [0.717, 1.165) is 5.56 Å². The van der Waals surface area contributed by atoms with E-state index in [2.05, 4.69) is 5.32 Å². The first-order chi connectivity index (χ1) is 12.6. The van der Waals surface area contributed by atoms with Crippen molar-refractivity contribution in [2.45, 2.75) is 52.2 Å². The molecule has 0 spiro atoms. The molecule has 1 saturated heterocycles. The average molecular weight is 411 g/mol. The minimum Gasteiger partial charge on any atom is -0.496 e. The van der Waals surface area contributed by atoms with Gasteiger partial charge in [-0.05, 0) is 40.2 Å². The first-order valence-electron chi connectivity index (χ1n) is 9.08. The summed E-state index contributed by atoms with van der Waals surface area (Å²) in [5, 5.41) is 2.63. The van der Waals surface area contributed by atoms with Crippen molar-refractivity contribution < 1.29 is 23.9 Å². The van der Waals surface area contributed by atoms with Crippen molar-refractivity contribution in [2.24, 2.45) is 0 Å². The maximum atomic E-state index is 13.0. The number of amides is 2. The maximum absolute atomic E-state index is 13.0. The Kier molecular flexibility index (Phi) is 8.35. The van der Waals surface area contributed by atoms with E-state index < -0.39 is 17.7 Å².